The van der Waals surface area contributed by atoms with Gasteiger partial charge in [0.1, 0.15) is 0 Å². The summed E-state index contributed by atoms with van der Waals surface area (Å²) in [7, 11) is -3.63. The number of rotatable bonds is 9. The summed E-state index contributed by atoms with van der Waals surface area (Å²) in [6.07, 6.45) is 0. The molecule has 3 aromatic rings. The van der Waals surface area contributed by atoms with Crippen LogP contribution in [0.5, 0.6) is 0 Å². The average Bonchev–Trinajstić information content (AvgIpc) is 3.29. The Hall–Kier alpha value is -1.79. The standard InChI is InChI=1S/C24H29ClN4O4S2.ClH/c1-3-27(4-2)11-12-29(24-26-21-10-7-19(25)17-22(21)34-24)23(30)18-5-8-20(9-6-18)35(31,32)28-13-15-33-16-14-28;/h5-10,17H,3-4,11-16H2,1-2H3;1H. The first kappa shape index (κ1) is 28.8. The van der Waals surface area contributed by atoms with Gasteiger partial charge in [0.05, 0.1) is 28.3 Å². The van der Waals surface area contributed by atoms with Gasteiger partial charge in [-0.2, -0.15) is 4.31 Å². The van der Waals surface area contributed by atoms with E-state index >= 15 is 0 Å². The Labute approximate surface area is 227 Å². The summed E-state index contributed by atoms with van der Waals surface area (Å²) in [5.74, 6) is -0.224. The third-order valence-electron chi connectivity index (χ3n) is 6.06. The Kier molecular flexibility index (Phi) is 10.1. The van der Waals surface area contributed by atoms with E-state index in [1.54, 1.807) is 23.1 Å². The summed E-state index contributed by atoms with van der Waals surface area (Å²) in [4.78, 5) is 22.4. The zero-order valence-electron chi connectivity index (χ0n) is 20.2. The number of aromatic nitrogens is 1. The topological polar surface area (TPSA) is 83.1 Å². The van der Waals surface area contributed by atoms with Gasteiger partial charge in [-0.25, -0.2) is 13.4 Å². The van der Waals surface area contributed by atoms with Crippen LogP contribution in [0.3, 0.4) is 0 Å². The van der Waals surface area contributed by atoms with Crippen LogP contribution >= 0.6 is 35.3 Å². The van der Waals surface area contributed by atoms with Crippen LogP contribution in [0.4, 0.5) is 5.13 Å². The monoisotopic (exact) mass is 572 g/mol. The predicted molar refractivity (Wildman–Crippen MR) is 147 cm³/mol. The van der Waals surface area contributed by atoms with Gasteiger partial charge in [-0.1, -0.05) is 36.8 Å². The molecule has 1 saturated heterocycles. The molecule has 2 aromatic carbocycles. The number of halogens is 2. The summed E-state index contributed by atoms with van der Waals surface area (Å²) < 4.78 is 33.5. The second-order valence-electron chi connectivity index (χ2n) is 8.13. The van der Waals surface area contributed by atoms with Crippen molar-refractivity contribution in [2.24, 2.45) is 0 Å². The molecule has 196 valence electrons. The molecule has 1 fully saturated rings. The molecular weight excluding hydrogens is 543 g/mol. The maximum absolute atomic E-state index is 13.6. The second-order valence-corrected chi connectivity index (χ2v) is 11.5. The quantitative estimate of drug-likeness (QED) is 0.378. The van der Waals surface area contributed by atoms with Crippen LogP contribution in [0.2, 0.25) is 5.02 Å². The Morgan fingerprint density at radius 1 is 1.08 bits per heavy atom. The van der Waals surface area contributed by atoms with Crippen molar-refractivity contribution in [1.29, 1.82) is 0 Å². The zero-order chi connectivity index (χ0) is 25.0. The highest BCUT2D eigenvalue weighted by Crippen LogP contribution is 2.31. The van der Waals surface area contributed by atoms with Gasteiger partial charge in [0.15, 0.2) is 5.13 Å². The van der Waals surface area contributed by atoms with Gasteiger partial charge in [-0.05, 0) is 55.6 Å². The number of ether oxygens (including phenoxy) is 1. The van der Waals surface area contributed by atoms with Crippen molar-refractivity contribution in [3.05, 3.63) is 53.1 Å². The fraction of sp³-hybridized carbons (Fsp3) is 0.417. The number of benzene rings is 2. The van der Waals surface area contributed by atoms with Crippen LogP contribution in [0.1, 0.15) is 24.2 Å². The van der Waals surface area contributed by atoms with E-state index in [-0.39, 0.29) is 23.2 Å². The third kappa shape index (κ3) is 6.36. The maximum Gasteiger partial charge on any atom is 0.260 e. The number of anilines is 1. The number of fused-ring (bicyclic) bond motifs is 1. The third-order valence-corrected chi connectivity index (χ3v) is 9.25. The molecule has 1 aliphatic heterocycles. The smallest absolute Gasteiger partial charge is 0.260 e. The minimum atomic E-state index is -3.63. The molecule has 0 aliphatic carbocycles. The Morgan fingerprint density at radius 2 is 1.75 bits per heavy atom. The van der Waals surface area contributed by atoms with Crippen LogP contribution in [0.15, 0.2) is 47.4 Å². The summed E-state index contributed by atoms with van der Waals surface area (Å²) in [6.45, 7) is 8.49. The number of hydrogen-bond donors (Lipinski definition) is 0. The summed E-state index contributed by atoms with van der Waals surface area (Å²) >= 11 is 7.56. The van der Waals surface area contributed by atoms with Crippen LogP contribution in [-0.4, -0.2) is 81.0 Å². The molecule has 36 heavy (non-hydrogen) atoms. The first-order chi connectivity index (χ1) is 16.8. The van der Waals surface area contributed by atoms with Gasteiger partial charge in [0.2, 0.25) is 10.0 Å². The van der Waals surface area contributed by atoms with Crippen molar-refractivity contribution in [2.75, 3.05) is 57.4 Å². The molecule has 12 heteroatoms. The van der Waals surface area contributed by atoms with Gasteiger partial charge in [-0.3, -0.25) is 9.69 Å². The zero-order valence-corrected chi connectivity index (χ0v) is 23.4. The highest BCUT2D eigenvalue weighted by atomic mass is 35.5. The van der Waals surface area contributed by atoms with Gasteiger partial charge in [-0.15, -0.1) is 12.4 Å². The van der Waals surface area contributed by atoms with Crippen LogP contribution in [0, 0.1) is 0 Å². The normalized spacial score (nSPS) is 14.7. The van der Waals surface area contributed by atoms with Crippen molar-refractivity contribution in [1.82, 2.24) is 14.2 Å². The highest BCUT2D eigenvalue weighted by Gasteiger charge is 2.27. The van der Waals surface area contributed by atoms with Crippen molar-refractivity contribution in [3.8, 4) is 0 Å². The first-order valence-electron chi connectivity index (χ1n) is 11.6. The largest absolute Gasteiger partial charge is 0.379 e. The minimum absolute atomic E-state index is 0. The molecule has 1 aliphatic rings. The van der Waals surface area contributed by atoms with Crippen molar-refractivity contribution in [2.45, 2.75) is 18.7 Å². The molecule has 0 atom stereocenters. The first-order valence-corrected chi connectivity index (χ1v) is 14.2. The molecular formula is C24H30Cl2N4O4S2. The number of sulfonamides is 1. The van der Waals surface area contributed by atoms with E-state index in [0.29, 0.717) is 55.1 Å². The molecule has 0 bridgehead atoms. The molecule has 0 spiro atoms. The molecule has 8 nitrogen and oxygen atoms in total. The van der Waals surface area contributed by atoms with Gasteiger partial charge in [0, 0.05) is 36.8 Å². The minimum Gasteiger partial charge on any atom is -0.379 e. The number of carbonyl (C=O) groups is 1. The number of thiazole rings is 1. The lowest BCUT2D eigenvalue weighted by Gasteiger charge is -2.26. The predicted octanol–water partition coefficient (Wildman–Crippen LogP) is 4.38. The van der Waals surface area contributed by atoms with E-state index in [9.17, 15) is 13.2 Å². The van der Waals surface area contributed by atoms with E-state index < -0.39 is 10.0 Å². The lowest BCUT2D eigenvalue weighted by atomic mass is 10.2. The number of nitrogens with zero attached hydrogens (tertiary/aromatic N) is 4. The highest BCUT2D eigenvalue weighted by molar-refractivity contribution is 7.89. The van der Waals surface area contributed by atoms with E-state index in [1.807, 2.05) is 12.1 Å². The number of hydrogen-bond acceptors (Lipinski definition) is 7. The van der Waals surface area contributed by atoms with Gasteiger partial charge < -0.3 is 9.64 Å². The second kappa shape index (κ2) is 12.6. The number of amides is 1. The van der Waals surface area contributed by atoms with Crippen LogP contribution in [-0.2, 0) is 14.8 Å². The van der Waals surface area contributed by atoms with E-state index in [4.69, 9.17) is 16.3 Å². The Balaban J connectivity index is 0.00000361. The van der Waals surface area contributed by atoms with Crippen molar-refractivity contribution < 1.29 is 17.9 Å². The maximum atomic E-state index is 13.6. The number of morpholine rings is 1. The molecule has 1 amide bonds. The molecule has 0 saturated carbocycles. The molecule has 2 heterocycles. The Morgan fingerprint density at radius 3 is 2.39 bits per heavy atom. The fourth-order valence-corrected chi connectivity index (χ4v) is 6.60. The molecule has 0 radical (unpaired) electrons. The van der Waals surface area contributed by atoms with Crippen molar-refractivity contribution >= 4 is 66.6 Å². The van der Waals surface area contributed by atoms with Gasteiger partial charge >= 0.3 is 0 Å². The van der Waals surface area contributed by atoms with E-state index in [0.717, 1.165) is 23.3 Å². The molecule has 0 N–H and O–H groups in total. The number of carbonyl (C=O) groups excluding carboxylic acids is 1. The van der Waals surface area contributed by atoms with Crippen LogP contribution in [0.25, 0.3) is 10.2 Å². The molecule has 1 aromatic heterocycles. The lowest BCUT2D eigenvalue weighted by Crippen LogP contribution is -2.40. The summed E-state index contributed by atoms with van der Waals surface area (Å²) in [5.41, 5.74) is 1.18. The molecule has 4 rings (SSSR count). The average molecular weight is 574 g/mol. The number of likely N-dealkylation sites (N-methyl/N-ethyl adjacent to an activating group) is 1. The van der Waals surface area contributed by atoms with E-state index in [2.05, 4.69) is 23.7 Å². The van der Waals surface area contributed by atoms with E-state index in [1.165, 1.54) is 27.8 Å². The SMILES string of the molecule is CCN(CC)CCN(C(=O)c1ccc(S(=O)(=O)N2CCOCC2)cc1)c1nc2ccc(Cl)cc2s1.Cl. The van der Waals surface area contributed by atoms with Crippen molar-refractivity contribution in [3.63, 3.8) is 0 Å². The lowest BCUT2D eigenvalue weighted by molar-refractivity contribution is 0.0730. The summed E-state index contributed by atoms with van der Waals surface area (Å²) in [6, 6.07) is 11.6. The van der Waals surface area contributed by atoms with Gasteiger partial charge in [0.25, 0.3) is 5.91 Å². The van der Waals surface area contributed by atoms with Crippen LogP contribution < -0.4 is 4.90 Å². The summed E-state index contributed by atoms with van der Waals surface area (Å²) in [5, 5.41) is 1.20. The Bertz CT molecular complexity index is 1280. The molecule has 0 unspecified atom stereocenters. The fourth-order valence-electron chi connectivity index (χ4n) is 3.93.